The van der Waals surface area contributed by atoms with Crippen LogP contribution in [-0.2, 0) is 0 Å². The lowest BCUT2D eigenvalue weighted by molar-refractivity contribution is 0.151. The summed E-state index contributed by atoms with van der Waals surface area (Å²) in [6, 6.07) is 18.6. The monoisotopic (exact) mass is 361 g/mol. The molecule has 0 radical (unpaired) electrons. The summed E-state index contributed by atoms with van der Waals surface area (Å²) >= 11 is 0. The highest BCUT2D eigenvalue weighted by Crippen LogP contribution is 2.37. The molecule has 1 saturated heterocycles. The maximum Gasteiger partial charge on any atom is 0.145 e. The highest BCUT2D eigenvalue weighted by atomic mass is 16.3. The minimum atomic E-state index is 0.164. The molecule has 1 atom stereocenters. The van der Waals surface area contributed by atoms with Crippen molar-refractivity contribution in [3.05, 3.63) is 71.9 Å². The predicted molar refractivity (Wildman–Crippen MR) is 110 cm³/mol. The first-order valence-corrected chi connectivity index (χ1v) is 9.75. The molecule has 1 aliphatic heterocycles. The summed E-state index contributed by atoms with van der Waals surface area (Å²) in [6.45, 7) is 5.52. The van der Waals surface area contributed by atoms with Crippen LogP contribution in [0.25, 0.3) is 10.9 Å². The van der Waals surface area contributed by atoms with Crippen LogP contribution in [0.4, 0.5) is 0 Å². The van der Waals surface area contributed by atoms with E-state index in [1.807, 2.05) is 18.2 Å². The molecule has 0 saturated carbocycles. The van der Waals surface area contributed by atoms with E-state index < -0.39 is 0 Å². The number of piperazine rings is 1. The van der Waals surface area contributed by atoms with E-state index in [9.17, 15) is 5.11 Å². The van der Waals surface area contributed by atoms with Crippen LogP contribution in [0.2, 0.25) is 0 Å². The van der Waals surface area contributed by atoms with Gasteiger partial charge in [-0.2, -0.15) is 0 Å². The molecule has 1 aliphatic rings. The number of aromatic hydroxyl groups is 1. The van der Waals surface area contributed by atoms with Crippen molar-refractivity contribution < 1.29 is 5.11 Å². The quantitative estimate of drug-likeness (QED) is 0.752. The first-order chi connectivity index (χ1) is 13.2. The number of rotatable bonds is 5. The SMILES string of the molecule is CN1CCN(CCC(c2ccccc2)c2ccc3cccnc3c2O)CC1. The first kappa shape index (κ1) is 18.0. The average molecular weight is 361 g/mol. The number of fused-ring (bicyclic) bond motifs is 1. The first-order valence-electron chi connectivity index (χ1n) is 9.75. The van der Waals surface area contributed by atoms with Crippen LogP contribution in [0.5, 0.6) is 5.75 Å². The van der Waals surface area contributed by atoms with Crippen molar-refractivity contribution in [1.29, 1.82) is 0 Å². The zero-order chi connectivity index (χ0) is 18.6. The lowest BCUT2D eigenvalue weighted by Crippen LogP contribution is -2.44. The molecule has 27 heavy (non-hydrogen) atoms. The molecule has 2 aromatic carbocycles. The number of hydrogen-bond acceptors (Lipinski definition) is 4. The van der Waals surface area contributed by atoms with E-state index in [0.29, 0.717) is 11.3 Å². The minimum absolute atomic E-state index is 0.164. The van der Waals surface area contributed by atoms with Gasteiger partial charge in [-0.1, -0.05) is 48.5 Å². The number of aromatic nitrogens is 1. The molecule has 1 aromatic heterocycles. The van der Waals surface area contributed by atoms with Crippen molar-refractivity contribution in [2.24, 2.45) is 0 Å². The third kappa shape index (κ3) is 3.97. The van der Waals surface area contributed by atoms with Crippen molar-refractivity contribution in [2.45, 2.75) is 12.3 Å². The molecular weight excluding hydrogens is 334 g/mol. The third-order valence-electron chi connectivity index (χ3n) is 5.69. The molecule has 1 N–H and O–H groups in total. The van der Waals surface area contributed by atoms with Crippen molar-refractivity contribution in [3.63, 3.8) is 0 Å². The van der Waals surface area contributed by atoms with Gasteiger partial charge in [0.25, 0.3) is 0 Å². The highest BCUT2D eigenvalue weighted by Gasteiger charge is 2.22. The predicted octanol–water partition coefficient (Wildman–Crippen LogP) is 3.71. The van der Waals surface area contributed by atoms with E-state index in [2.05, 4.69) is 58.2 Å². The third-order valence-corrected chi connectivity index (χ3v) is 5.69. The maximum atomic E-state index is 11.0. The Morgan fingerprint density at radius 3 is 2.52 bits per heavy atom. The molecule has 4 heteroatoms. The van der Waals surface area contributed by atoms with Gasteiger partial charge in [0.2, 0.25) is 0 Å². The minimum Gasteiger partial charge on any atom is -0.505 e. The number of likely N-dealkylation sites (N-methyl/N-ethyl adjacent to an activating group) is 1. The van der Waals surface area contributed by atoms with Gasteiger partial charge in [-0.25, -0.2) is 0 Å². The van der Waals surface area contributed by atoms with Gasteiger partial charge in [0.1, 0.15) is 11.3 Å². The normalized spacial score (nSPS) is 17.2. The second kappa shape index (κ2) is 8.07. The van der Waals surface area contributed by atoms with Gasteiger partial charge in [-0.05, 0) is 31.6 Å². The standard InChI is InChI=1S/C23H27N3O/c1-25-14-16-26(17-15-25)13-11-20(18-6-3-2-4-7-18)21-10-9-19-8-5-12-24-22(19)23(21)27/h2-10,12,20,27H,11,13-17H2,1H3. The van der Waals surface area contributed by atoms with Gasteiger partial charge >= 0.3 is 0 Å². The summed E-state index contributed by atoms with van der Waals surface area (Å²) < 4.78 is 0. The molecule has 1 fully saturated rings. The van der Waals surface area contributed by atoms with Gasteiger partial charge in [0, 0.05) is 49.2 Å². The number of nitrogens with zero attached hydrogens (tertiary/aromatic N) is 3. The van der Waals surface area contributed by atoms with Crippen molar-refractivity contribution >= 4 is 10.9 Å². The smallest absolute Gasteiger partial charge is 0.145 e. The van der Waals surface area contributed by atoms with Crippen LogP contribution in [0, 0.1) is 0 Å². The fourth-order valence-corrected chi connectivity index (χ4v) is 4.00. The molecule has 4 rings (SSSR count). The lowest BCUT2D eigenvalue weighted by Gasteiger charge is -2.33. The summed E-state index contributed by atoms with van der Waals surface area (Å²) in [4.78, 5) is 9.32. The zero-order valence-corrected chi connectivity index (χ0v) is 15.9. The summed E-state index contributed by atoms with van der Waals surface area (Å²) in [5.74, 6) is 0.484. The molecule has 2 heterocycles. The molecule has 0 aliphatic carbocycles. The summed E-state index contributed by atoms with van der Waals surface area (Å²) in [5.41, 5.74) is 2.91. The molecule has 3 aromatic rings. The van der Waals surface area contributed by atoms with Crippen LogP contribution < -0.4 is 0 Å². The Labute approximate surface area is 161 Å². The van der Waals surface area contributed by atoms with Gasteiger partial charge in [-0.15, -0.1) is 0 Å². The van der Waals surface area contributed by atoms with E-state index in [0.717, 1.165) is 50.1 Å². The fraction of sp³-hybridized carbons (Fsp3) is 0.348. The largest absolute Gasteiger partial charge is 0.505 e. The molecule has 0 spiro atoms. The van der Waals surface area contributed by atoms with E-state index in [-0.39, 0.29) is 5.92 Å². The Kier molecular flexibility index (Phi) is 5.37. The number of phenols is 1. The van der Waals surface area contributed by atoms with Gasteiger partial charge < -0.3 is 14.9 Å². The lowest BCUT2D eigenvalue weighted by atomic mass is 9.87. The van der Waals surface area contributed by atoms with Crippen LogP contribution in [0.15, 0.2) is 60.8 Å². The summed E-state index contributed by atoms with van der Waals surface area (Å²) in [6.07, 6.45) is 2.73. The van der Waals surface area contributed by atoms with Crippen LogP contribution in [-0.4, -0.2) is 59.7 Å². The van der Waals surface area contributed by atoms with E-state index in [4.69, 9.17) is 0 Å². The van der Waals surface area contributed by atoms with Crippen molar-refractivity contribution in [3.8, 4) is 5.75 Å². The number of benzene rings is 2. The highest BCUT2D eigenvalue weighted by molar-refractivity contribution is 5.85. The molecule has 0 bridgehead atoms. The Bertz CT molecular complexity index is 889. The fourth-order valence-electron chi connectivity index (χ4n) is 4.00. The van der Waals surface area contributed by atoms with Crippen molar-refractivity contribution in [2.75, 3.05) is 39.8 Å². The van der Waals surface area contributed by atoms with Crippen LogP contribution >= 0.6 is 0 Å². The molecule has 4 nitrogen and oxygen atoms in total. The maximum absolute atomic E-state index is 11.0. The molecule has 0 amide bonds. The van der Waals surface area contributed by atoms with Crippen LogP contribution in [0.3, 0.4) is 0 Å². The Hall–Kier alpha value is -2.43. The number of hydrogen-bond donors (Lipinski definition) is 1. The second-order valence-electron chi connectivity index (χ2n) is 7.48. The van der Waals surface area contributed by atoms with E-state index >= 15 is 0 Å². The molecular formula is C23H27N3O. The second-order valence-corrected chi connectivity index (χ2v) is 7.48. The van der Waals surface area contributed by atoms with E-state index in [1.165, 1.54) is 5.56 Å². The Balaban J connectivity index is 1.63. The zero-order valence-electron chi connectivity index (χ0n) is 15.9. The average Bonchev–Trinajstić information content (AvgIpc) is 2.72. The van der Waals surface area contributed by atoms with Crippen molar-refractivity contribution in [1.82, 2.24) is 14.8 Å². The Morgan fingerprint density at radius 2 is 1.74 bits per heavy atom. The molecule has 1 unspecified atom stereocenters. The van der Waals surface area contributed by atoms with E-state index in [1.54, 1.807) is 6.20 Å². The molecule has 140 valence electrons. The summed E-state index contributed by atoms with van der Waals surface area (Å²) in [5, 5.41) is 11.9. The summed E-state index contributed by atoms with van der Waals surface area (Å²) in [7, 11) is 2.18. The number of pyridine rings is 1. The van der Waals surface area contributed by atoms with Crippen LogP contribution in [0.1, 0.15) is 23.5 Å². The number of phenolic OH excluding ortho intramolecular Hbond substituents is 1. The van der Waals surface area contributed by atoms with Gasteiger partial charge in [-0.3, -0.25) is 4.98 Å². The topological polar surface area (TPSA) is 39.6 Å². The van der Waals surface area contributed by atoms with Gasteiger partial charge in [0.05, 0.1) is 0 Å². The van der Waals surface area contributed by atoms with Gasteiger partial charge in [0.15, 0.2) is 0 Å². The Morgan fingerprint density at radius 1 is 0.963 bits per heavy atom.